The van der Waals surface area contributed by atoms with Gasteiger partial charge in [-0.25, -0.2) is 4.39 Å². The van der Waals surface area contributed by atoms with Crippen molar-refractivity contribution < 1.29 is 14.2 Å². The van der Waals surface area contributed by atoms with E-state index in [0.717, 1.165) is 0 Å². The number of aliphatic hydroxyl groups is 1. The van der Waals surface area contributed by atoms with Gasteiger partial charge in [0.25, 0.3) is 5.56 Å². The third-order valence-corrected chi connectivity index (χ3v) is 2.93. The van der Waals surface area contributed by atoms with Crippen LogP contribution in [0.4, 0.5) is 4.39 Å². The molecule has 2 rings (SSSR count). The lowest BCUT2D eigenvalue weighted by Crippen LogP contribution is -2.21. The van der Waals surface area contributed by atoms with Gasteiger partial charge in [-0.15, -0.1) is 0 Å². The number of rotatable bonds is 5. The summed E-state index contributed by atoms with van der Waals surface area (Å²) in [7, 11) is 0. The number of nitrogens with zero attached hydrogens (tertiary/aromatic N) is 1. The molecule has 0 unspecified atom stereocenters. The maximum atomic E-state index is 13.7. The second-order valence-corrected chi connectivity index (χ2v) is 4.45. The minimum atomic E-state index is -0.721. The van der Waals surface area contributed by atoms with Crippen LogP contribution in [0.15, 0.2) is 47.4 Å². The van der Waals surface area contributed by atoms with Crippen LogP contribution in [0.5, 0.6) is 5.75 Å². The maximum absolute atomic E-state index is 13.7. The molecule has 0 aliphatic heterocycles. The number of hydrogen-bond donors (Lipinski definition) is 1. The van der Waals surface area contributed by atoms with Gasteiger partial charge in [0.1, 0.15) is 6.61 Å². The highest BCUT2D eigenvalue weighted by Gasteiger charge is 2.08. The molecule has 0 saturated heterocycles. The van der Waals surface area contributed by atoms with E-state index in [0.29, 0.717) is 12.1 Å². The van der Waals surface area contributed by atoms with Crippen LogP contribution < -0.4 is 10.3 Å². The fourth-order valence-electron chi connectivity index (χ4n) is 1.79. The maximum Gasteiger partial charge on any atom is 0.250 e. The van der Waals surface area contributed by atoms with Crippen LogP contribution in [0, 0.1) is 5.82 Å². The van der Waals surface area contributed by atoms with Crippen molar-refractivity contribution >= 4 is 0 Å². The van der Waals surface area contributed by atoms with E-state index < -0.39 is 11.9 Å². The standard InChI is InChI=1S/C15H16FNO3/c1-11(18)12-5-6-14(13(16)10-12)20-9-8-17-7-3-2-4-15(17)19/h2-7,10-11,18H,8-9H2,1H3/t11-/m1/s1. The molecule has 0 aliphatic carbocycles. The molecule has 1 aromatic carbocycles. The highest BCUT2D eigenvalue weighted by atomic mass is 19.1. The quantitative estimate of drug-likeness (QED) is 0.910. The Morgan fingerprint density at radius 3 is 2.80 bits per heavy atom. The molecule has 0 bridgehead atoms. The van der Waals surface area contributed by atoms with Gasteiger partial charge < -0.3 is 14.4 Å². The molecule has 0 amide bonds. The SMILES string of the molecule is C[C@@H](O)c1ccc(OCCn2ccccc2=O)c(F)c1. The predicted molar refractivity (Wildman–Crippen MR) is 73.2 cm³/mol. The zero-order chi connectivity index (χ0) is 14.5. The van der Waals surface area contributed by atoms with Gasteiger partial charge >= 0.3 is 0 Å². The minimum Gasteiger partial charge on any atom is -0.489 e. The van der Waals surface area contributed by atoms with Crippen LogP contribution in [0.1, 0.15) is 18.6 Å². The van der Waals surface area contributed by atoms with Gasteiger partial charge in [-0.2, -0.15) is 0 Å². The topological polar surface area (TPSA) is 51.5 Å². The first kappa shape index (κ1) is 14.3. The largest absolute Gasteiger partial charge is 0.489 e. The van der Waals surface area contributed by atoms with Crippen LogP contribution in [0.2, 0.25) is 0 Å². The molecule has 1 N–H and O–H groups in total. The predicted octanol–water partition coefficient (Wildman–Crippen LogP) is 2.12. The Morgan fingerprint density at radius 1 is 1.35 bits per heavy atom. The summed E-state index contributed by atoms with van der Waals surface area (Å²) in [4.78, 5) is 11.5. The van der Waals surface area contributed by atoms with E-state index in [1.807, 2.05) is 0 Å². The Balaban J connectivity index is 1.98. The van der Waals surface area contributed by atoms with Gasteiger partial charge in [0, 0.05) is 12.3 Å². The van der Waals surface area contributed by atoms with Crippen molar-refractivity contribution in [1.82, 2.24) is 4.57 Å². The Bertz CT molecular complexity index is 637. The second kappa shape index (κ2) is 6.34. The molecule has 4 nitrogen and oxygen atoms in total. The number of aromatic nitrogens is 1. The average molecular weight is 277 g/mol. The third kappa shape index (κ3) is 3.45. The first-order valence-electron chi connectivity index (χ1n) is 6.33. The lowest BCUT2D eigenvalue weighted by atomic mass is 10.1. The minimum absolute atomic E-state index is 0.110. The van der Waals surface area contributed by atoms with Gasteiger partial charge in [-0.1, -0.05) is 12.1 Å². The average Bonchev–Trinajstić information content (AvgIpc) is 2.42. The van der Waals surface area contributed by atoms with Gasteiger partial charge in [0.05, 0.1) is 12.6 Å². The summed E-state index contributed by atoms with van der Waals surface area (Å²) in [6, 6.07) is 9.20. The van der Waals surface area contributed by atoms with E-state index in [4.69, 9.17) is 4.74 Å². The van der Waals surface area contributed by atoms with Crippen molar-refractivity contribution in [2.75, 3.05) is 6.61 Å². The van der Waals surface area contributed by atoms with E-state index in [2.05, 4.69) is 0 Å². The van der Waals surface area contributed by atoms with Crippen LogP contribution >= 0.6 is 0 Å². The Labute approximate surface area is 116 Å². The normalized spacial score (nSPS) is 12.2. The first-order chi connectivity index (χ1) is 9.58. The lowest BCUT2D eigenvalue weighted by molar-refractivity contribution is 0.198. The van der Waals surface area contributed by atoms with E-state index >= 15 is 0 Å². The van der Waals surface area contributed by atoms with Crippen LogP contribution in [0.25, 0.3) is 0 Å². The zero-order valence-electron chi connectivity index (χ0n) is 11.1. The summed E-state index contributed by atoms with van der Waals surface area (Å²) in [5, 5.41) is 9.35. The molecule has 5 heteroatoms. The number of benzene rings is 1. The molecule has 0 fully saturated rings. The van der Waals surface area contributed by atoms with E-state index in [1.165, 1.54) is 22.8 Å². The van der Waals surface area contributed by atoms with E-state index in [1.54, 1.807) is 31.3 Å². The van der Waals surface area contributed by atoms with Gasteiger partial charge in [0.15, 0.2) is 11.6 Å². The number of aliphatic hydroxyl groups excluding tert-OH is 1. The molecular weight excluding hydrogens is 261 g/mol. The molecular formula is C15H16FNO3. The molecule has 0 aliphatic rings. The van der Waals surface area contributed by atoms with Crippen molar-refractivity contribution in [3.8, 4) is 5.75 Å². The van der Waals surface area contributed by atoms with Gasteiger partial charge in [-0.3, -0.25) is 4.79 Å². The lowest BCUT2D eigenvalue weighted by Gasteiger charge is -2.10. The zero-order valence-corrected chi connectivity index (χ0v) is 11.1. The van der Waals surface area contributed by atoms with Crippen LogP contribution in [0.3, 0.4) is 0 Å². The number of ether oxygens (including phenoxy) is 1. The summed E-state index contributed by atoms with van der Waals surface area (Å²) >= 11 is 0. The monoisotopic (exact) mass is 277 g/mol. The summed E-state index contributed by atoms with van der Waals surface area (Å²) in [5.74, 6) is -0.415. The first-order valence-corrected chi connectivity index (χ1v) is 6.33. The number of pyridine rings is 1. The summed E-state index contributed by atoms with van der Waals surface area (Å²) in [6.45, 7) is 2.10. The highest BCUT2D eigenvalue weighted by molar-refractivity contribution is 5.30. The van der Waals surface area contributed by atoms with Crippen molar-refractivity contribution in [2.24, 2.45) is 0 Å². The summed E-state index contributed by atoms with van der Waals surface area (Å²) in [6.07, 6.45) is 0.930. The number of hydrogen-bond acceptors (Lipinski definition) is 3. The van der Waals surface area contributed by atoms with E-state index in [-0.39, 0.29) is 17.9 Å². The van der Waals surface area contributed by atoms with E-state index in [9.17, 15) is 14.3 Å². The molecule has 1 atom stereocenters. The smallest absolute Gasteiger partial charge is 0.250 e. The van der Waals surface area contributed by atoms with Crippen molar-refractivity contribution in [3.05, 3.63) is 64.3 Å². The Kier molecular flexibility index (Phi) is 4.53. The number of halogens is 1. The van der Waals surface area contributed by atoms with Crippen LogP contribution in [-0.4, -0.2) is 16.3 Å². The Hall–Kier alpha value is -2.14. The van der Waals surface area contributed by atoms with Crippen LogP contribution in [-0.2, 0) is 6.54 Å². The third-order valence-electron chi connectivity index (χ3n) is 2.93. The fourth-order valence-corrected chi connectivity index (χ4v) is 1.79. The molecule has 106 valence electrons. The summed E-state index contributed by atoms with van der Waals surface area (Å²) < 4.78 is 20.5. The second-order valence-electron chi connectivity index (χ2n) is 4.45. The molecule has 1 aromatic heterocycles. The molecule has 20 heavy (non-hydrogen) atoms. The molecule has 1 heterocycles. The van der Waals surface area contributed by atoms with Gasteiger partial charge in [0.2, 0.25) is 0 Å². The fraction of sp³-hybridized carbons (Fsp3) is 0.267. The summed E-state index contributed by atoms with van der Waals surface area (Å²) in [5.41, 5.74) is 0.371. The van der Waals surface area contributed by atoms with Crippen molar-refractivity contribution in [3.63, 3.8) is 0 Å². The molecule has 0 radical (unpaired) electrons. The molecule has 0 spiro atoms. The Morgan fingerprint density at radius 2 is 2.15 bits per heavy atom. The van der Waals surface area contributed by atoms with Crippen molar-refractivity contribution in [2.45, 2.75) is 19.6 Å². The van der Waals surface area contributed by atoms with Gasteiger partial charge in [-0.05, 0) is 30.7 Å². The van der Waals surface area contributed by atoms with Crippen molar-refractivity contribution in [1.29, 1.82) is 0 Å². The molecule has 2 aromatic rings. The highest BCUT2D eigenvalue weighted by Crippen LogP contribution is 2.21. The molecule has 0 saturated carbocycles.